The zero-order valence-electron chi connectivity index (χ0n) is 20.1. The van der Waals surface area contributed by atoms with E-state index in [0.717, 1.165) is 30.2 Å². The van der Waals surface area contributed by atoms with Crippen LogP contribution in [0, 0.1) is 0 Å². The average Bonchev–Trinajstić information content (AvgIpc) is 3.24. The van der Waals surface area contributed by atoms with E-state index in [1.54, 1.807) is 4.68 Å². The van der Waals surface area contributed by atoms with Gasteiger partial charge in [-0.05, 0) is 37.4 Å². The first-order chi connectivity index (χ1) is 16.3. The minimum atomic E-state index is -0.833. The number of amides is 1. The Hall–Kier alpha value is -3.49. The number of carbonyl (C=O) groups excluding carboxylic acids is 1. The lowest BCUT2D eigenvalue weighted by Crippen LogP contribution is -2.51. The van der Waals surface area contributed by atoms with E-state index in [1.165, 1.54) is 0 Å². The number of benzene rings is 2. The Balaban J connectivity index is 0.000000751. The van der Waals surface area contributed by atoms with Crippen molar-refractivity contribution in [3.63, 3.8) is 0 Å². The summed E-state index contributed by atoms with van der Waals surface area (Å²) in [5.41, 5.74) is 3.93. The number of aryl methyl sites for hydroxylation is 1. The van der Waals surface area contributed by atoms with Crippen molar-refractivity contribution < 1.29 is 19.4 Å². The second kappa shape index (κ2) is 11.6. The molecule has 8 heteroatoms. The van der Waals surface area contributed by atoms with Crippen molar-refractivity contribution in [3.8, 4) is 11.1 Å². The van der Waals surface area contributed by atoms with Crippen LogP contribution in [0.5, 0.6) is 0 Å². The third-order valence-electron chi connectivity index (χ3n) is 5.46. The molecule has 2 heterocycles. The number of carboxylic acids is 1. The number of aromatic nitrogens is 2. The van der Waals surface area contributed by atoms with E-state index in [-0.39, 0.29) is 18.1 Å². The number of aliphatic carboxylic acids is 1. The highest BCUT2D eigenvalue weighted by Crippen LogP contribution is 2.31. The molecule has 1 N–H and O–H groups in total. The number of carbonyl (C=O) groups is 2. The molecule has 180 valence electrons. The van der Waals surface area contributed by atoms with Crippen molar-refractivity contribution in [2.24, 2.45) is 7.05 Å². The number of hydrogen-bond donors (Lipinski definition) is 1. The maximum atomic E-state index is 13.5. The van der Waals surface area contributed by atoms with Gasteiger partial charge in [0.05, 0.1) is 24.9 Å². The first kappa shape index (κ1) is 25.1. The number of hydrogen-bond acceptors (Lipinski definition) is 5. The second-order valence-corrected chi connectivity index (χ2v) is 8.52. The van der Waals surface area contributed by atoms with Crippen molar-refractivity contribution in [2.75, 3.05) is 33.8 Å². The molecule has 1 saturated heterocycles. The van der Waals surface area contributed by atoms with Crippen molar-refractivity contribution in [3.05, 3.63) is 78.1 Å². The molecule has 8 nitrogen and oxygen atoms in total. The van der Waals surface area contributed by atoms with E-state index in [4.69, 9.17) is 14.6 Å². The minimum Gasteiger partial charge on any atom is -0.481 e. The number of morpholine rings is 1. The zero-order valence-corrected chi connectivity index (χ0v) is 20.1. The van der Waals surface area contributed by atoms with Crippen LogP contribution in [0.25, 0.3) is 11.1 Å². The van der Waals surface area contributed by atoms with E-state index >= 15 is 0 Å². The van der Waals surface area contributed by atoms with Gasteiger partial charge in [0, 0.05) is 44.4 Å². The molecular formula is C26H32N4O4. The topological polar surface area (TPSA) is 87.9 Å². The van der Waals surface area contributed by atoms with Gasteiger partial charge >= 0.3 is 0 Å². The van der Waals surface area contributed by atoms with Gasteiger partial charge in [0.2, 0.25) is 0 Å². The molecule has 0 spiro atoms. The molecule has 0 unspecified atom stereocenters. The van der Waals surface area contributed by atoms with Gasteiger partial charge in [-0.1, -0.05) is 42.5 Å². The quantitative estimate of drug-likeness (QED) is 0.623. The van der Waals surface area contributed by atoms with Gasteiger partial charge in [0.25, 0.3) is 11.9 Å². The maximum Gasteiger partial charge on any atom is 0.300 e. The molecular weight excluding hydrogens is 432 g/mol. The molecule has 3 aromatic rings. The summed E-state index contributed by atoms with van der Waals surface area (Å²) in [5, 5.41) is 11.7. The highest BCUT2D eigenvalue weighted by atomic mass is 16.5. The van der Waals surface area contributed by atoms with Gasteiger partial charge in [-0.15, -0.1) is 0 Å². The number of rotatable bonds is 5. The predicted molar refractivity (Wildman–Crippen MR) is 130 cm³/mol. The Morgan fingerprint density at radius 2 is 1.71 bits per heavy atom. The Kier molecular flexibility index (Phi) is 8.56. The van der Waals surface area contributed by atoms with E-state index in [9.17, 15) is 4.79 Å². The van der Waals surface area contributed by atoms with Crippen LogP contribution in [0.2, 0.25) is 0 Å². The Labute approximate surface area is 200 Å². The van der Waals surface area contributed by atoms with Gasteiger partial charge in [-0.2, -0.15) is 5.10 Å². The third-order valence-corrected chi connectivity index (χ3v) is 5.46. The predicted octanol–water partition coefficient (Wildman–Crippen LogP) is 3.32. The van der Waals surface area contributed by atoms with E-state index in [0.29, 0.717) is 18.7 Å². The fourth-order valence-corrected chi connectivity index (χ4v) is 4.06. The molecule has 1 fully saturated rings. The van der Waals surface area contributed by atoms with Crippen LogP contribution in [-0.4, -0.2) is 76.5 Å². The largest absolute Gasteiger partial charge is 0.481 e. The molecule has 2 aromatic carbocycles. The summed E-state index contributed by atoms with van der Waals surface area (Å²) in [6.45, 7) is 2.90. The van der Waals surface area contributed by atoms with Crippen molar-refractivity contribution in [2.45, 2.75) is 19.1 Å². The first-order valence-corrected chi connectivity index (χ1v) is 11.2. The average molecular weight is 465 g/mol. The normalized spacial score (nSPS) is 17.7. The van der Waals surface area contributed by atoms with Crippen LogP contribution in [0.3, 0.4) is 0 Å². The lowest BCUT2D eigenvalue weighted by Gasteiger charge is -2.41. The maximum absolute atomic E-state index is 13.5. The van der Waals surface area contributed by atoms with E-state index < -0.39 is 5.97 Å². The van der Waals surface area contributed by atoms with Gasteiger partial charge < -0.3 is 19.6 Å². The van der Waals surface area contributed by atoms with Crippen LogP contribution in [0.1, 0.15) is 28.9 Å². The highest BCUT2D eigenvalue weighted by molar-refractivity contribution is 5.95. The molecule has 0 radical (unpaired) electrons. The number of ether oxygens (including phenoxy) is 1. The van der Waals surface area contributed by atoms with Gasteiger partial charge in [0.1, 0.15) is 0 Å². The Morgan fingerprint density at radius 1 is 1.09 bits per heavy atom. The number of nitrogens with zero attached hydrogens (tertiary/aromatic N) is 4. The van der Waals surface area contributed by atoms with Crippen molar-refractivity contribution in [1.82, 2.24) is 19.6 Å². The van der Waals surface area contributed by atoms with E-state index in [2.05, 4.69) is 22.1 Å². The summed E-state index contributed by atoms with van der Waals surface area (Å²) < 4.78 is 7.86. The van der Waals surface area contributed by atoms with Crippen LogP contribution >= 0.6 is 0 Å². The monoisotopic (exact) mass is 464 g/mol. The lowest BCUT2D eigenvalue weighted by atomic mass is 9.98. The minimum absolute atomic E-state index is 0.0236. The Morgan fingerprint density at radius 3 is 2.26 bits per heavy atom. The lowest BCUT2D eigenvalue weighted by molar-refractivity contribution is -0.134. The molecule has 1 aliphatic heterocycles. The van der Waals surface area contributed by atoms with Crippen molar-refractivity contribution >= 4 is 11.9 Å². The van der Waals surface area contributed by atoms with Gasteiger partial charge in [-0.3, -0.25) is 14.3 Å². The summed E-state index contributed by atoms with van der Waals surface area (Å²) in [5.74, 6) is -0.810. The molecule has 2 atom stereocenters. The summed E-state index contributed by atoms with van der Waals surface area (Å²) in [6, 6.07) is 17.9. The number of likely N-dealkylation sites (N-methyl/N-ethyl adjacent to an activating group) is 1. The highest BCUT2D eigenvalue weighted by Gasteiger charge is 2.37. The fourth-order valence-electron chi connectivity index (χ4n) is 4.06. The van der Waals surface area contributed by atoms with Crippen LogP contribution < -0.4 is 0 Å². The molecule has 0 bridgehead atoms. The SMILES string of the molecule is CC(=O)O.CN(C)C[C@@H]1OCCN(C(=O)c2ccc(-c3ccccc3)cc2)[C@H]1c1cnn(C)c1. The van der Waals surface area contributed by atoms with E-state index in [1.807, 2.05) is 80.9 Å². The number of carboxylic acid groups (broad SMARTS) is 1. The molecule has 34 heavy (non-hydrogen) atoms. The summed E-state index contributed by atoms with van der Waals surface area (Å²) in [6.07, 6.45) is 3.70. The third kappa shape index (κ3) is 6.52. The summed E-state index contributed by atoms with van der Waals surface area (Å²) in [4.78, 5) is 26.5. The fraction of sp³-hybridized carbons (Fsp3) is 0.346. The summed E-state index contributed by atoms with van der Waals surface area (Å²) in [7, 11) is 5.93. The smallest absolute Gasteiger partial charge is 0.300 e. The molecule has 4 rings (SSSR count). The Bertz CT molecular complexity index is 1080. The zero-order chi connectivity index (χ0) is 24.7. The standard InChI is InChI=1S/C24H28N4O2.C2H4O2/c1-26(2)17-22-23(21-15-25-27(3)16-21)28(13-14-30-22)24(29)20-11-9-19(10-12-20)18-7-5-4-6-8-18;1-2(3)4/h4-12,15-16,22-23H,13-14,17H2,1-3H3;1H3,(H,3,4)/t22-,23-;/m0./s1. The van der Waals surface area contributed by atoms with Crippen molar-refractivity contribution in [1.29, 1.82) is 0 Å². The van der Waals surface area contributed by atoms with Crippen LogP contribution in [0.4, 0.5) is 0 Å². The second-order valence-electron chi connectivity index (χ2n) is 8.52. The summed E-state index contributed by atoms with van der Waals surface area (Å²) >= 11 is 0. The molecule has 1 amide bonds. The van der Waals surface area contributed by atoms with Gasteiger partial charge in [0.15, 0.2) is 0 Å². The molecule has 0 saturated carbocycles. The molecule has 0 aliphatic carbocycles. The van der Waals surface area contributed by atoms with Crippen LogP contribution in [-0.2, 0) is 16.6 Å². The first-order valence-electron chi connectivity index (χ1n) is 11.2. The van der Waals surface area contributed by atoms with Gasteiger partial charge in [-0.25, -0.2) is 0 Å². The van der Waals surface area contributed by atoms with Crippen LogP contribution in [0.15, 0.2) is 67.0 Å². The molecule has 1 aliphatic rings. The molecule has 1 aromatic heterocycles.